The van der Waals surface area contributed by atoms with Crippen LogP contribution in [0.25, 0.3) is 0 Å². The first-order chi connectivity index (χ1) is 11.7. The summed E-state index contributed by atoms with van der Waals surface area (Å²) in [5.41, 5.74) is 1.08. The number of carbonyl (C=O) groups is 2. The van der Waals surface area contributed by atoms with Crippen LogP contribution >= 0.6 is 11.8 Å². The highest BCUT2D eigenvalue weighted by molar-refractivity contribution is 7.99. The van der Waals surface area contributed by atoms with Gasteiger partial charge in [-0.25, -0.2) is 0 Å². The van der Waals surface area contributed by atoms with Gasteiger partial charge >= 0.3 is 0 Å². The first kappa shape index (κ1) is 16.6. The third-order valence-corrected chi connectivity index (χ3v) is 5.14. The number of amides is 2. The third kappa shape index (κ3) is 4.38. The van der Waals surface area contributed by atoms with E-state index in [1.807, 2.05) is 36.4 Å². The third-order valence-electron chi connectivity index (χ3n) is 4.01. The van der Waals surface area contributed by atoms with Crippen molar-refractivity contribution in [3.63, 3.8) is 0 Å². The molecule has 1 atom stereocenters. The highest BCUT2D eigenvalue weighted by Gasteiger charge is 2.25. The molecule has 0 aliphatic carbocycles. The van der Waals surface area contributed by atoms with Crippen molar-refractivity contribution in [1.82, 2.24) is 10.6 Å². The monoisotopic (exact) mass is 340 g/mol. The Morgan fingerprint density at radius 3 is 2.67 bits per heavy atom. The Kier molecular flexibility index (Phi) is 5.54. The zero-order valence-electron chi connectivity index (χ0n) is 13.3. The first-order valence-corrected chi connectivity index (χ1v) is 8.89. The second-order valence-electron chi connectivity index (χ2n) is 5.78. The van der Waals surface area contributed by atoms with Crippen LogP contribution in [0.1, 0.15) is 18.4 Å². The molecule has 24 heavy (non-hydrogen) atoms. The Balaban J connectivity index is 1.63. The minimum Gasteiger partial charge on any atom is -0.356 e. The second kappa shape index (κ2) is 8.02. The predicted octanol–water partition coefficient (Wildman–Crippen LogP) is 2.98. The quantitative estimate of drug-likeness (QED) is 0.880. The fraction of sp³-hybridized carbons (Fsp3) is 0.263. The standard InChI is InChI=1S/C19H20N2O2S/c22-18-12-14(10-11-20-18)19(23)21-13-15-6-4-5-9-17(15)24-16-7-2-1-3-8-16/h1-9,14H,10-13H2,(H,20,22)(H,21,23). The van der Waals surface area contributed by atoms with E-state index < -0.39 is 0 Å². The number of piperidine rings is 1. The van der Waals surface area contributed by atoms with Crippen LogP contribution in [-0.2, 0) is 16.1 Å². The fourth-order valence-electron chi connectivity index (χ4n) is 2.70. The predicted molar refractivity (Wildman–Crippen MR) is 94.6 cm³/mol. The number of hydrogen-bond acceptors (Lipinski definition) is 3. The van der Waals surface area contributed by atoms with E-state index >= 15 is 0 Å². The average Bonchev–Trinajstić information content (AvgIpc) is 2.61. The minimum absolute atomic E-state index is 0.0376. The van der Waals surface area contributed by atoms with Gasteiger partial charge in [0, 0.05) is 35.2 Å². The van der Waals surface area contributed by atoms with Gasteiger partial charge in [0.15, 0.2) is 0 Å². The Morgan fingerprint density at radius 1 is 1.12 bits per heavy atom. The van der Waals surface area contributed by atoms with E-state index in [0.29, 0.717) is 19.5 Å². The van der Waals surface area contributed by atoms with Crippen molar-refractivity contribution < 1.29 is 9.59 Å². The molecule has 1 fully saturated rings. The van der Waals surface area contributed by atoms with Crippen molar-refractivity contribution in [2.75, 3.05) is 6.54 Å². The molecule has 2 amide bonds. The van der Waals surface area contributed by atoms with Gasteiger partial charge in [0.2, 0.25) is 11.8 Å². The maximum absolute atomic E-state index is 12.3. The van der Waals surface area contributed by atoms with Gasteiger partial charge in [-0.05, 0) is 30.2 Å². The Labute approximate surface area is 146 Å². The molecule has 1 aliphatic heterocycles. The zero-order valence-corrected chi connectivity index (χ0v) is 14.1. The van der Waals surface area contributed by atoms with E-state index in [0.717, 1.165) is 10.5 Å². The summed E-state index contributed by atoms with van der Waals surface area (Å²) in [4.78, 5) is 26.0. The van der Waals surface area contributed by atoms with Crippen LogP contribution < -0.4 is 10.6 Å². The number of rotatable bonds is 5. The summed E-state index contributed by atoms with van der Waals surface area (Å²) in [7, 11) is 0. The first-order valence-electron chi connectivity index (χ1n) is 8.07. The normalized spacial score (nSPS) is 17.2. The molecule has 1 saturated heterocycles. The van der Waals surface area contributed by atoms with E-state index in [2.05, 4.69) is 28.8 Å². The summed E-state index contributed by atoms with van der Waals surface area (Å²) in [5.74, 6) is -0.293. The molecular weight excluding hydrogens is 320 g/mol. The summed E-state index contributed by atoms with van der Waals surface area (Å²) < 4.78 is 0. The van der Waals surface area contributed by atoms with E-state index in [9.17, 15) is 9.59 Å². The lowest BCUT2D eigenvalue weighted by Gasteiger charge is -2.21. The molecule has 0 spiro atoms. The van der Waals surface area contributed by atoms with Crippen LogP contribution in [0.3, 0.4) is 0 Å². The smallest absolute Gasteiger partial charge is 0.223 e. The van der Waals surface area contributed by atoms with Gasteiger partial charge in [0.05, 0.1) is 0 Å². The average molecular weight is 340 g/mol. The van der Waals surface area contributed by atoms with E-state index in [-0.39, 0.29) is 24.2 Å². The van der Waals surface area contributed by atoms with Crippen LogP contribution in [-0.4, -0.2) is 18.4 Å². The summed E-state index contributed by atoms with van der Waals surface area (Å²) in [6.45, 7) is 1.06. The molecular formula is C19H20N2O2S. The van der Waals surface area contributed by atoms with Gasteiger partial charge < -0.3 is 10.6 Å². The van der Waals surface area contributed by atoms with Gasteiger partial charge in [-0.2, -0.15) is 0 Å². The SMILES string of the molecule is O=C1CC(C(=O)NCc2ccccc2Sc2ccccc2)CCN1. The van der Waals surface area contributed by atoms with E-state index in [4.69, 9.17) is 0 Å². The van der Waals surface area contributed by atoms with Crippen molar-refractivity contribution in [2.45, 2.75) is 29.2 Å². The summed E-state index contributed by atoms with van der Waals surface area (Å²) in [6.07, 6.45) is 0.990. The molecule has 0 bridgehead atoms. The lowest BCUT2D eigenvalue weighted by atomic mass is 9.96. The molecule has 0 saturated carbocycles. The van der Waals surface area contributed by atoms with Crippen molar-refractivity contribution in [2.24, 2.45) is 5.92 Å². The minimum atomic E-state index is -0.215. The van der Waals surface area contributed by atoms with Gasteiger partial charge in [-0.1, -0.05) is 48.2 Å². The maximum Gasteiger partial charge on any atom is 0.223 e. The van der Waals surface area contributed by atoms with Gasteiger partial charge in [0.25, 0.3) is 0 Å². The van der Waals surface area contributed by atoms with Crippen molar-refractivity contribution in [1.29, 1.82) is 0 Å². The molecule has 0 radical (unpaired) electrons. The van der Waals surface area contributed by atoms with Crippen LogP contribution in [0, 0.1) is 5.92 Å². The van der Waals surface area contributed by atoms with Crippen LogP contribution in [0.5, 0.6) is 0 Å². The molecule has 3 rings (SSSR count). The fourth-order valence-corrected chi connectivity index (χ4v) is 3.66. The summed E-state index contributed by atoms with van der Waals surface area (Å²) in [5, 5.41) is 5.74. The Hall–Kier alpha value is -2.27. The molecule has 1 heterocycles. The number of benzene rings is 2. The Morgan fingerprint density at radius 2 is 1.88 bits per heavy atom. The lowest BCUT2D eigenvalue weighted by Crippen LogP contribution is -2.40. The molecule has 124 valence electrons. The molecule has 2 aromatic rings. The van der Waals surface area contributed by atoms with Gasteiger partial charge in [-0.3, -0.25) is 9.59 Å². The summed E-state index contributed by atoms with van der Waals surface area (Å²) in [6, 6.07) is 18.2. The topological polar surface area (TPSA) is 58.2 Å². The van der Waals surface area contributed by atoms with Crippen LogP contribution in [0.2, 0.25) is 0 Å². The highest BCUT2D eigenvalue weighted by Crippen LogP contribution is 2.30. The second-order valence-corrected chi connectivity index (χ2v) is 6.90. The van der Waals surface area contributed by atoms with Crippen molar-refractivity contribution in [3.05, 3.63) is 60.2 Å². The molecule has 5 heteroatoms. The van der Waals surface area contributed by atoms with Gasteiger partial charge in [0.1, 0.15) is 0 Å². The molecule has 2 N–H and O–H groups in total. The molecule has 1 unspecified atom stereocenters. The molecule has 0 aromatic heterocycles. The van der Waals surface area contributed by atoms with Gasteiger partial charge in [-0.15, -0.1) is 0 Å². The number of nitrogens with one attached hydrogen (secondary N) is 2. The zero-order chi connectivity index (χ0) is 16.8. The van der Waals surface area contributed by atoms with Crippen LogP contribution in [0.15, 0.2) is 64.4 Å². The largest absolute Gasteiger partial charge is 0.356 e. The van der Waals surface area contributed by atoms with E-state index in [1.165, 1.54) is 4.90 Å². The Bertz CT molecular complexity index is 718. The number of hydrogen-bond donors (Lipinski definition) is 2. The molecule has 1 aliphatic rings. The van der Waals surface area contributed by atoms with Crippen LogP contribution in [0.4, 0.5) is 0 Å². The molecule has 2 aromatic carbocycles. The molecule has 4 nitrogen and oxygen atoms in total. The number of carbonyl (C=O) groups excluding carboxylic acids is 2. The van der Waals surface area contributed by atoms with Crippen molar-refractivity contribution >= 4 is 23.6 Å². The highest BCUT2D eigenvalue weighted by atomic mass is 32.2. The lowest BCUT2D eigenvalue weighted by molar-refractivity contribution is -0.132. The maximum atomic E-state index is 12.3. The van der Waals surface area contributed by atoms with Crippen molar-refractivity contribution in [3.8, 4) is 0 Å². The summed E-state index contributed by atoms with van der Waals surface area (Å²) >= 11 is 1.69. The van der Waals surface area contributed by atoms with E-state index in [1.54, 1.807) is 11.8 Å².